The van der Waals surface area contributed by atoms with Crippen LogP contribution in [0.15, 0.2) is 66.3 Å². The number of carbonyl (C=O) groups excluding carboxylic acids is 1. The Morgan fingerprint density at radius 1 is 1.14 bits per heavy atom. The predicted molar refractivity (Wildman–Crippen MR) is 113 cm³/mol. The normalized spacial score (nSPS) is 10.8. The van der Waals surface area contributed by atoms with Gasteiger partial charge in [0.05, 0.1) is 24.0 Å². The van der Waals surface area contributed by atoms with Crippen molar-refractivity contribution in [1.29, 1.82) is 0 Å². The molecule has 28 heavy (non-hydrogen) atoms. The number of carbonyl (C=O) groups is 1. The van der Waals surface area contributed by atoms with Crippen LogP contribution in [-0.4, -0.2) is 20.7 Å². The van der Waals surface area contributed by atoms with Crippen molar-refractivity contribution in [2.24, 2.45) is 0 Å². The molecule has 0 spiro atoms. The molecule has 0 unspecified atom stereocenters. The molecule has 0 aliphatic rings. The molecule has 2 heterocycles. The third-order valence-electron chi connectivity index (χ3n) is 4.48. The second-order valence-electron chi connectivity index (χ2n) is 6.72. The van der Waals surface area contributed by atoms with E-state index in [1.807, 2.05) is 35.7 Å². The number of nitrogens with zero attached hydrogens (tertiary/aromatic N) is 3. The van der Waals surface area contributed by atoms with Gasteiger partial charge in [0.15, 0.2) is 5.13 Å². The van der Waals surface area contributed by atoms with Crippen molar-refractivity contribution in [2.45, 2.75) is 20.4 Å². The summed E-state index contributed by atoms with van der Waals surface area (Å²) in [5.74, 6) is -0.207. The van der Waals surface area contributed by atoms with Gasteiger partial charge in [0.1, 0.15) is 0 Å². The Kier molecular flexibility index (Phi) is 5.04. The van der Waals surface area contributed by atoms with E-state index in [9.17, 15) is 4.79 Å². The Labute approximate surface area is 167 Å². The maximum absolute atomic E-state index is 12.5. The SMILES string of the molecule is Cc1ccc(C)c(-c2csc(NC(=O)c3cnn(Cc4ccccc4)c3)n2)c1. The number of nitrogens with one attached hydrogen (secondary N) is 1. The van der Waals surface area contributed by atoms with E-state index in [0.717, 1.165) is 22.4 Å². The van der Waals surface area contributed by atoms with Gasteiger partial charge in [-0.15, -0.1) is 11.3 Å². The highest BCUT2D eigenvalue weighted by molar-refractivity contribution is 7.14. The molecule has 0 aliphatic carbocycles. The molecule has 4 aromatic rings. The maximum atomic E-state index is 12.5. The van der Waals surface area contributed by atoms with E-state index < -0.39 is 0 Å². The van der Waals surface area contributed by atoms with Gasteiger partial charge >= 0.3 is 0 Å². The van der Waals surface area contributed by atoms with Crippen LogP contribution in [-0.2, 0) is 6.54 Å². The van der Waals surface area contributed by atoms with Gasteiger partial charge in [0, 0.05) is 17.1 Å². The molecule has 0 bridgehead atoms. The summed E-state index contributed by atoms with van der Waals surface area (Å²) in [7, 11) is 0. The van der Waals surface area contributed by atoms with Gasteiger partial charge in [-0.1, -0.05) is 48.0 Å². The molecule has 0 radical (unpaired) electrons. The molecule has 0 atom stereocenters. The number of hydrogen-bond donors (Lipinski definition) is 1. The molecule has 0 fully saturated rings. The van der Waals surface area contributed by atoms with Crippen molar-refractivity contribution in [1.82, 2.24) is 14.8 Å². The quantitative estimate of drug-likeness (QED) is 0.528. The fraction of sp³-hybridized carbons (Fsp3) is 0.136. The summed E-state index contributed by atoms with van der Waals surface area (Å²) in [4.78, 5) is 17.1. The topological polar surface area (TPSA) is 59.8 Å². The molecule has 5 nitrogen and oxygen atoms in total. The molecule has 0 saturated heterocycles. The molecule has 140 valence electrons. The lowest BCUT2D eigenvalue weighted by Crippen LogP contribution is -2.11. The minimum atomic E-state index is -0.207. The van der Waals surface area contributed by atoms with E-state index in [1.54, 1.807) is 17.1 Å². The summed E-state index contributed by atoms with van der Waals surface area (Å²) in [5.41, 5.74) is 5.96. The Balaban J connectivity index is 1.46. The largest absolute Gasteiger partial charge is 0.298 e. The van der Waals surface area contributed by atoms with Crippen molar-refractivity contribution in [3.05, 3.63) is 88.6 Å². The fourth-order valence-electron chi connectivity index (χ4n) is 2.97. The third kappa shape index (κ3) is 4.02. The molecule has 2 aromatic heterocycles. The zero-order valence-electron chi connectivity index (χ0n) is 15.7. The minimum absolute atomic E-state index is 0.207. The first kappa shape index (κ1) is 18.1. The Morgan fingerprint density at radius 3 is 2.79 bits per heavy atom. The molecule has 2 aromatic carbocycles. The molecule has 1 N–H and O–H groups in total. The summed E-state index contributed by atoms with van der Waals surface area (Å²) in [6, 6.07) is 16.3. The van der Waals surface area contributed by atoms with Crippen LogP contribution in [0.2, 0.25) is 0 Å². The van der Waals surface area contributed by atoms with Crippen LogP contribution < -0.4 is 5.32 Å². The van der Waals surface area contributed by atoms with E-state index in [-0.39, 0.29) is 5.91 Å². The number of benzene rings is 2. The van der Waals surface area contributed by atoms with E-state index in [4.69, 9.17) is 0 Å². The highest BCUT2D eigenvalue weighted by Crippen LogP contribution is 2.28. The number of amides is 1. The van der Waals surface area contributed by atoms with E-state index in [0.29, 0.717) is 17.2 Å². The number of aryl methyl sites for hydroxylation is 2. The smallest absolute Gasteiger partial charge is 0.260 e. The van der Waals surface area contributed by atoms with Crippen LogP contribution in [0.1, 0.15) is 27.0 Å². The minimum Gasteiger partial charge on any atom is -0.298 e. The van der Waals surface area contributed by atoms with Gasteiger partial charge in [-0.05, 0) is 31.0 Å². The van der Waals surface area contributed by atoms with Crippen molar-refractivity contribution < 1.29 is 4.79 Å². The van der Waals surface area contributed by atoms with E-state index >= 15 is 0 Å². The lowest BCUT2D eigenvalue weighted by Gasteiger charge is -2.04. The fourth-order valence-corrected chi connectivity index (χ4v) is 3.68. The predicted octanol–water partition coefficient (Wildman–Crippen LogP) is 4.92. The molecular weight excluding hydrogens is 368 g/mol. The van der Waals surface area contributed by atoms with Crippen molar-refractivity contribution >= 4 is 22.4 Å². The van der Waals surface area contributed by atoms with Crippen LogP contribution in [0.3, 0.4) is 0 Å². The Hall–Kier alpha value is -3.25. The number of aromatic nitrogens is 3. The van der Waals surface area contributed by atoms with Gasteiger partial charge in [-0.25, -0.2) is 4.98 Å². The molecular formula is C22H20N4OS. The summed E-state index contributed by atoms with van der Waals surface area (Å²) in [6.07, 6.45) is 3.33. The van der Waals surface area contributed by atoms with Crippen LogP contribution in [0.4, 0.5) is 5.13 Å². The van der Waals surface area contributed by atoms with Gasteiger partial charge < -0.3 is 0 Å². The molecule has 1 amide bonds. The zero-order valence-corrected chi connectivity index (χ0v) is 16.5. The third-order valence-corrected chi connectivity index (χ3v) is 5.23. The summed E-state index contributed by atoms with van der Waals surface area (Å²) < 4.78 is 1.76. The summed E-state index contributed by atoms with van der Waals surface area (Å²) >= 11 is 1.42. The summed E-state index contributed by atoms with van der Waals surface area (Å²) in [6.45, 7) is 4.75. The lowest BCUT2D eigenvalue weighted by molar-refractivity contribution is 0.102. The average molecular weight is 388 g/mol. The van der Waals surface area contributed by atoms with Gasteiger partial charge in [-0.2, -0.15) is 5.10 Å². The molecule has 0 saturated carbocycles. The van der Waals surface area contributed by atoms with Crippen LogP contribution in [0, 0.1) is 13.8 Å². The first-order chi connectivity index (χ1) is 13.6. The number of anilines is 1. The molecule has 0 aliphatic heterocycles. The highest BCUT2D eigenvalue weighted by atomic mass is 32.1. The van der Waals surface area contributed by atoms with E-state index in [1.165, 1.54) is 16.9 Å². The van der Waals surface area contributed by atoms with Gasteiger partial charge in [-0.3, -0.25) is 14.8 Å². The van der Waals surface area contributed by atoms with Crippen molar-refractivity contribution in [2.75, 3.05) is 5.32 Å². The first-order valence-corrected chi connectivity index (χ1v) is 9.87. The standard InChI is InChI=1S/C22H20N4OS/c1-15-8-9-16(2)19(10-15)20-14-28-22(24-20)25-21(27)18-11-23-26(13-18)12-17-6-4-3-5-7-17/h3-11,13-14H,12H2,1-2H3,(H,24,25,27). The Bertz CT molecular complexity index is 1110. The first-order valence-electron chi connectivity index (χ1n) is 8.99. The molecule has 4 rings (SSSR count). The van der Waals surface area contributed by atoms with Crippen LogP contribution in [0.25, 0.3) is 11.3 Å². The number of rotatable bonds is 5. The average Bonchev–Trinajstić information content (AvgIpc) is 3.34. The highest BCUT2D eigenvalue weighted by Gasteiger charge is 2.13. The van der Waals surface area contributed by atoms with Crippen molar-refractivity contribution in [3.63, 3.8) is 0 Å². The number of hydrogen-bond acceptors (Lipinski definition) is 4. The molecule has 6 heteroatoms. The summed E-state index contributed by atoms with van der Waals surface area (Å²) in [5, 5.41) is 9.71. The van der Waals surface area contributed by atoms with Gasteiger partial charge in [0.25, 0.3) is 5.91 Å². The second kappa shape index (κ2) is 7.78. The monoisotopic (exact) mass is 388 g/mol. The van der Waals surface area contributed by atoms with Crippen LogP contribution in [0.5, 0.6) is 0 Å². The second-order valence-corrected chi connectivity index (χ2v) is 7.58. The maximum Gasteiger partial charge on any atom is 0.260 e. The van der Waals surface area contributed by atoms with Crippen LogP contribution >= 0.6 is 11.3 Å². The van der Waals surface area contributed by atoms with E-state index in [2.05, 4.69) is 47.4 Å². The lowest BCUT2D eigenvalue weighted by atomic mass is 10.0. The zero-order chi connectivity index (χ0) is 19.5. The Morgan fingerprint density at radius 2 is 1.96 bits per heavy atom. The number of thiazole rings is 1. The van der Waals surface area contributed by atoms with Gasteiger partial charge in [0.2, 0.25) is 0 Å². The van der Waals surface area contributed by atoms with Crippen molar-refractivity contribution in [3.8, 4) is 11.3 Å².